The Balaban J connectivity index is 1.32. The first-order valence-corrected chi connectivity index (χ1v) is 11.8. The van der Waals surface area contributed by atoms with E-state index in [4.69, 9.17) is 4.98 Å². The van der Waals surface area contributed by atoms with Crippen LogP contribution in [0.2, 0.25) is 0 Å². The van der Waals surface area contributed by atoms with Crippen LogP contribution in [0.15, 0.2) is 66.2 Å². The number of hydrogen-bond donors (Lipinski definition) is 1. The lowest BCUT2D eigenvalue weighted by Gasteiger charge is -2.24. The summed E-state index contributed by atoms with van der Waals surface area (Å²) >= 11 is 3.30. The summed E-state index contributed by atoms with van der Waals surface area (Å²) in [5.41, 5.74) is 2.09. The summed E-state index contributed by atoms with van der Waals surface area (Å²) in [5, 5.41) is 7.17. The summed E-state index contributed by atoms with van der Waals surface area (Å²) < 4.78 is 1.21. The monoisotopic (exact) mass is 434 g/mol. The van der Waals surface area contributed by atoms with Gasteiger partial charge in [0.25, 0.3) is 0 Å². The third-order valence-electron chi connectivity index (χ3n) is 5.44. The Morgan fingerprint density at radius 3 is 2.80 bits per heavy atom. The van der Waals surface area contributed by atoms with E-state index in [-0.39, 0.29) is 18.0 Å². The molecule has 3 heterocycles. The highest BCUT2D eigenvalue weighted by Gasteiger charge is 2.31. The molecule has 2 aromatic carbocycles. The van der Waals surface area contributed by atoms with Crippen LogP contribution in [0.25, 0.3) is 10.2 Å². The number of carbonyl (C=O) groups excluding carboxylic acids is 1. The number of hydrogen-bond acceptors (Lipinski definition) is 6. The van der Waals surface area contributed by atoms with E-state index < -0.39 is 0 Å². The first kappa shape index (κ1) is 19.4. The molecule has 2 atom stereocenters. The van der Waals surface area contributed by atoms with E-state index in [1.54, 1.807) is 28.9 Å². The topological polar surface area (TPSA) is 58.1 Å². The van der Waals surface area contributed by atoms with Gasteiger partial charge in [-0.25, -0.2) is 9.97 Å². The van der Waals surface area contributed by atoms with Crippen LogP contribution in [0.4, 0.5) is 0 Å². The van der Waals surface area contributed by atoms with Crippen molar-refractivity contribution in [2.24, 2.45) is 0 Å². The summed E-state index contributed by atoms with van der Waals surface area (Å²) in [6.45, 7) is 1.29. The van der Waals surface area contributed by atoms with Crippen molar-refractivity contribution < 1.29 is 4.79 Å². The van der Waals surface area contributed by atoms with Crippen molar-refractivity contribution in [2.75, 3.05) is 13.1 Å². The Labute approximate surface area is 183 Å². The van der Waals surface area contributed by atoms with Gasteiger partial charge in [-0.05, 0) is 37.1 Å². The van der Waals surface area contributed by atoms with Crippen molar-refractivity contribution >= 4 is 38.8 Å². The largest absolute Gasteiger partial charge is 0.342 e. The average Bonchev–Trinajstić information content (AvgIpc) is 3.52. The van der Waals surface area contributed by atoms with Crippen LogP contribution in [-0.4, -0.2) is 33.9 Å². The normalized spacial score (nSPS) is 17.9. The predicted molar refractivity (Wildman–Crippen MR) is 122 cm³/mol. The Hall–Kier alpha value is -2.61. The Kier molecular flexibility index (Phi) is 5.57. The van der Waals surface area contributed by atoms with Crippen LogP contribution in [0.3, 0.4) is 0 Å². The van der Waals surface area contributed by atoms with Crippen LogP contribution >= 0.6 is 22.7 Å². The fourth-order valence-electron chi connectivity index (χ4n) is 4.03. The molecule has 4 aromatic rings. The highest BCUT2D eigenvalue weighted by molar-refractivity contribution is 7.18. The van der Waals surface area contributed by atoms with Gasteiger partial charge in [-0.2, -0.15) is 0 Å². The Morgan fingerprint density at radius 1 is 1.17 bits per heavy atom. The summed E-state index contributed by atoms with van der Waals surface area (Å²) in [4.78, 5) is 24.6. The van der Waals surface area contributed by atoms with E-state index in [0.717, 1.165) is 40.5 Å². The van der Waals surface area contributed by atoms with Gasteiger partial charge in [0.05, 0.1) is 22.8 Å². The highest BCUT2D eigenvalue weighted by Crippen LogP contribution is 2.36. The molecule has 1 aliphatic heterocycles. The molecule has 30 heavy (non-hydrogen) atoms. The minimum atomic E-state index is -0.220. The van der Waals surface area contributed by atoms with Crippen molar-refractivity contribution in [3.05, 3.63) is 81.8 Å². The molecular formula is C23H22N4OS2. The second-order valence-corrected chi connectivity index (χ2v) is 9.42. The van der Waals surface area contributed by atoms with Gasteiger partial charge in [0.1, 0.15) is 16.1 Å². The van der Waals surface area contributed by atoms with E-state index in [1.165, 1.54) is 4.70 Å². The summed E-state index contributed by atoms with van der Waals surface area (Å²) in [6.07, 6.45) is 3.91. The number of rotatable bonds is 6. The summed E-state index contributed by atoms with van der Waals surface area (Å²) in [5.74, 6) is 0.0204. The maximum Gasteiger partial charge on any atom is 0.235 e. The van der Waals surface area contributed by atoms with E-state index in [1.807, 2.05) is 47.8 Å². The number of para-hydroxylation sites is 1. The van der Waals surface area contributed by atoms with Crippen molar-refractivity contribution in [3.8, 4) is 0 Å². The van der Waals surface area contributed by atoms with Crippen molar-refractivity contribution in [2.45, 2.75) is 24.9 Å². The third kappa shape index (κ3) is 4.01. The molecule has 0 bridgehead atoms. The minimum absolute atomic E-state index is 0.0204. The number of aromatic nitrogens is 2. The zero-order valence-electron chi connectivity index (χ0n) is 16.4. The quantitative estimate of drug-likeness (QED) is 0.474. The van der Waals surface area contributed by atoms with Crippen LogP contribution in [0.5, 0.6) is 0 Å². The molecule has 1 N–H and O–H groups in total. The van der Waals surface area contributed by atoms with Gasteiger partial charge in [0.15, 0.2) is 0 Å². The van der Waals surface area contributed by atoms with Crippen LogP contribution in [0, 0.1) is 0 Å². The van der Waals surface area contributed by atoms with Crippen molar-refractivity contribution in [1.82, 2.24) is 20.2 Å². The molecule has 0 radical (unpaired) electrons. The van der Waals surface area contributed by atoms with E-state index >= 15 is 0 Å². The van der Waals surface area contributed by atoms with E-state index in [9.17, 15) is 4.79 Å². The number of nitrogens with zero attached hydrogens (tertiary/aromatic N) is 3. The highest BCUT2D eigenvalue weighted by atomic mass is 32.1. The van der Waals surface area contributed by atoms with Crippen LogP contribution in [0.1, 0.15) is 40.5 Å². The number of likely N-dealkylation sites (tertiary alicyclic amines) is 1. The zero-order chi connectivity index (χ0) is 20.3. The molecule has 2 unspecified atom stereocenters. The molecule has 1 amide bonds. The first-order chi connectivity index (χ1) is 14.8. The lowest BCUT2D eigenvalue weighted by molar-refractivity contribution is -0.123. The maximum atomic E-state index is 13.0. The Morgan fingerprint density at radius 2 is 2.00 bits per heavy atom. The molecule has 1 saturated heterocycles. The number of fused-ring (bicyclic) bond motifs is 1. The van der Waals surface area contributed by atoms with Gasteiger partial charge >= 0.3 is 0 Å². The Bertz CT molecular complexity index is 1090. The van der Waals surface area contributed by atoms with Gasteiger partial charge in [-0.15, -0.1) is 22.7 Å². The van der Waals surface area contributed by atoms with Gasteiger partial charge in [-0.3, -0.25) is 9.69 Å². The maximum absolute atomic E-state index is 13.0. The molecule has 0 saturated carbocycles. The first-order valence-electron chi connectivity index (χ1n) is 10.1. The molecule has 0 aliphatic carbocycles. The van der Waals surface area contributed by atoms with Crippen LogP contribution < -0.4 is 5.32 Å². The fourth-order valence-corrected chi connectivity index (χ4v) is 5.88. The SMILES string of the molecule is O=C(CN1CCCC1c1nc2ccccc2s1)NC(c1ccccc1)c1nccs1. The summed E-state index contributed by atoms with van der Waals surface area (Å²) in [7, 11) is 0. The average molecular weight is 435 g/mol. The fraction of sp³-hybridized carbons (Fsp3) is 0.261. The summed E-state index contributed by atoms with van der Waals surface area (Å²) in [6, 6.07) is 18.3. The predicted octanol–water partition coefficient (Wildman–Crippen LogP) is 4.80. The second-order valence-electron chi connectivity index (χ2n) is 7.43. The smallest absolute Gasteiger partial charge is 0.235 e. The standard InChI is InChI=1S/C23H22N4OS2/c28-20(26-21(23-24-12-14-29-23)16-7-2-1-3-8-16)15-27-13-6-10-18(27)22-25-17-9-4-5-11-19(17)30-22/h1-5,7-9,11-12,14,18,21H,6,10,13,15H2,(H,26,28). The lowest BCUT2D eigenvalue weighted by Crippen LogP contribution is -2.39. The number of nitrogens with one attached hydrogen (secondary N) is 1. The van der Waals surface area contributed by atoms with E-state index in [2.05, 4.69) is 27.3 Å². The van der Waals surface area contributed by atoms with Gasteiger partial charge in [0.2, 0.25) is 5.91 Å². The molecule has 7 heteroatoms. The molecule has 0 spiro atoms. The number of carbonyl (C=O) groups is 1. The van der Waals surface area contributed by atoms with Gasteiger partial charge in [-0.1, -0.05) is 42.5 Å². The van der Waals surface area contributed by atoms with Crippen molar-refractivity contribution in [1.29, 1.82) is 0 Å². The molecule has 1 aliphatic rings. The lowest BCUT2D eigenvalue weighted by atomic mass is 10.1. The number of amides is 1. The minimum Gasteiger partial charge on any atom is -0.342 e. The number of thiazole rings is 2. The molecule has 5 nitrogen and oxygen atoms in total. The molecule has 1 fully saturated rings. The zero-order valence-corrected chi connectivity index (χ0v) is 18.0. The van der Waals surface area contributed by atoms with E-state index in [0.29, 0.717) is 6.54 Å². The second kappa shape index (κ2) is 8.63. The molecule has 152 valence electrons. The van der Waals surface area contributed by atoms with Crippen molar-refractivity contribution in [3.63, 3.8) is 0 Å². The number of benzene rings is 2. The molecular weight excluding hydrogens is 412 g/mol. The molecule has 5 rings (SSSR count). The van der Waals surface area contributed by atoms with Gasteiger partial charge in [0, 0.05) is 11.6 Å². The van der Waals surface area contributed by atoms with Gasteiger partial charge < -0.3 is 5.32 Å². The van der Waals surface area contributed by atoms with Crippen LogP contribution in [-0.2, 0) is 4.79 Å². The third-order valence-corrected chi connectivity index (χ3v) is 7.42. The molecule has 2 aromatic heterocycles.